The van der Waals surface area contributed by atoms with Crippen LogP contribution in [-0.2, 0) is 6.54 Å². The van der Waals surface area contributed by atoms with Crippen molar-refractivity contribution in [1.82, 2.24) is 9.88 Å². The predicted molar refractivity (Wildman–Crippen MR) is 86.3 cm³/mol. The molecule has 4 heteroatoms. The van der Waals surface area contributed by atoms with Crippen LogP contribution in [0.5, 0.6) is 0 Å². The minimum absolute atomic E-state index is 0.192. The van der Waals surface area contributed by atoms with Crippen LogP contribution < -0.4 is 5.73 Å². The van der Waals surface area contributed by atoms with Crippen molar-refractivity contribution in [3.8, 4) is 0 Å². The Balaban J connectivity index is 2.22. The van der Waals surface area contributed by atoms with Gasteiger partial charge in [0.25, 0.3) is 0 Å². The number of rotatable bonds is 6. The van der Waals surface area contributed by atoms with Crippen LogP contribution in [0.3, 0.4) is 0 Å². The first-order valence-corrected chi connectivity index (χ1v) is 7.64. The summed E-state index contributed by atoms with van der Waals surface area (Å²) in [5, 5.41) is 0. The second-order valence-corrected chi connectivity index (χ2v) is 5.51. The largest absolute Gasteiger partial charge is 0.329 e. The Bertz CT molecular complexity index is 530. The van der Waals surface area contributed by atoms with Gasteiger partial charge in [-0.1, -0.05) is 47.1 Å². The Morgan fingerprint density at radius 2 is 1.95 bits per heavy atom. The van der Waals surface area contributed by atoms with Crippen molar-refractivity contribution in [2.24, 2.45) is 5.73 Å². The lowest BCUT2D eigenvalue weighted by molar-refractivity contribution is 0.200. The summed E-state index contributed by atoms with van der Waals surface area (Å²) in [6, 6.07) is 14.5. The minimum atomic E-state index is 0.192. The van der Waals surface area contributed by atoms with Gasteiger partial charge in [-0.05, 0) is 30.3 Å². The second kappa shape index (κ2) is 7.53. The number of hydrogen-bond acceptors (Lipinski definition) is 3. The summed E-state index contributed by atoms with van der Waals surface area (Å²) >= 11 is 3.62. The molecule has 1 aromatic heterocycles. The summed E-state index contributed by atoms with van der Waals surface area (Å²) in [5.41, 5.74) is 8.32. The first kappa shape index (κ1) is 15.2. The number of likely N-dealkylation sites (N-methyl/N-ethyl adjacent to an activating group) is 1. The van der Waals surface area contributed by atoms with Gasteiger partial charge in [-0.2, -0.15) is 0 Å². The molecule has 0 aliphatic carbocycles. The van der Waals surface area contributed by atoms with Gasteiger partial charge in [0.2, 0.25) is 0 Å². The van der Waals surface area contributed by atoms with E-state index in [9.17, 15) is 0 Å². The molecule has 2 aromatic rings. The second-order valence-electron chi connectivity index (χ2n) is 4.66. The number of pyridine rings is 1. The van der Waals surface area contributed by atoms with Gasteiger partial charge in [-0.15, -0.1) is 0 Å². The van der Waals surface area contributed by atoms with Crippen LogP contribution in [-0.4, -0.2) is 23.0 Å². The van der Waals surface area contributed by atoms with E-state index < -0.39 is 0 Å². The van der Waals surface area contributed by atoms with Crippen LogP contribution in [0.1, 0.15) is 24.2 Å². The quantitative estimate of drug-likeness (QED) is 0.881. The molecule has 20 heavy (non-hydrogen) atoms. The molecule has 1 unspecified atom stereocenters. The van der Waals surface area contributed by atoms with E-state index in [-0.39, 0.29) is 6.04 Å². The summed E-state index contributed by atoms with van der Waals surface area (Å²) in [4.78, 5) is 6.75. The molecular formula is C16H20BrN3. The highest BCUT2D eigenvalue weighted by Gasteiger charge is 2.20. The van der Waals surface area contributed by atoms with Crippen LogP contribution in [0.4, 0.5) is 0 Å². The van der Waals surface area contributed by atoms with E-state index in [0.29, 0.717) is 6.54 Å². The van der Waals surface area contributed by atoms with Crippen LogP contribution >= 0.6 is 15.9 Å². The average Bonchev–Trinajstić information content (AvgIpc) is 2.49. The number of halogens is 1. The molecule has 0 aliphatic heterocycles. The van der Waals surface area contributed by atoms with Crippen LogP contribution in [0, 0.1) is 0 Å². The van der Waals surface area contributed by atoms with Crippen molar-refractivity contribution in [2.45, 2.75) is 19.5 Å². The molecule has 2 rings (SSSR count). The maximum Gasteiger partial charge on any atom is 0.0544 e. The molecule has 0 bridgehead atoms. The lowest BCUT2D eigenvalue weighted by Crippen LogP contribution is -2.33. The first-order valence-electron chi connectivity index (χ1n) is 6.84. The Hall–Kier alpha value is -1.23. The molecule has 0 amide bonds. The number of nitrogens with two attached hydrogens (primary N) is 1. The maximum absolute atomic E-state index is 6.02. The smallest absolute Gasteiger partial charge is 0.0544 e. The third-order valence-corrected chi connectivity index (χ3v) is 4.15. The lowest BCUT2D eigenvalue weighted by Gasteiger charge is -2.30. The molecule has 0 saturated heterocycles. The fourth-order valence-corrected chi connectivity index (χ4v) is 2.91. The van der Waals surface area contributed by atoms with Gasteiger partial charge in [0, 0.05) is 29.8 Å². The summed E-state index contributed by atoms with van der Waals surface area (Å²) in [6.07, 6.45) is 1.83. The Labute approximate surface area is 129 Å². The number of aromatic nitrogens is 1. The molecule has 0 saturated carbocycles. The highest BCUT2D eigenvalue weighted by molar-refractivity contribution is 9.10. The Morgan fingerprint density at radius 1 is 1.20 bits per heavy atom. The molecule has 0 fully saturated rings. The molecule has 1 aromatic carbocycles. The highest BCUT2D eigenvalue weighted by atomic mass is 79.9. The van der Waals surface area contributed by atoms with Crippen LogP contribution in [0.2, 0.25) is 0 Å². The zero-order valence-electron chi connectivity index (χ0n) is 11.7. The minimum Gasteiger partial charge on any atom is -0.329 e. The maximum atomic E-state index is 6.02. The van der Waals surface area contributed by atoms with Crippen molar-refractivity contribution in [2.75, 3.05) is 13.1 Å². The summed E-state index contributed by atoms with van der Waals surface area (Å²) in [5.74, 6) is 0. The number of nitrogens with zero attached hydrogens (tertiary/aromatic N) is 2. The fourth-order valence-electron chi connectivity index (χ4n) is 2.36. The fraction of sp³-hybridized carbons (Fsp3) is 0.312. The zero-order valence-corrected chi connectivity index (χ0v) is 13.3. The number of hydrogen-bond donors (Lipinski definition) is 1. The van der Waals surface area contributed by atoms with Gasteiger partial charge in [-0.25, -0.2) is 0 Å². The van der Waals surface area contributed by atoms with Gasteiger partial charge in [0.1, 0.15) is 0 Å². The zero-order chi connectivity index (χ0) is 14.4. The standard InChI is InChI=1S/C16H20BrN3/c1-2-20(12-13-7-5-6-10-19-13)16(11-18)14-8-3-4-9-15(14)17/h3-10,16H,2,11-12,18H2,1H3. The third kappa shape index (κ3) is 3.66. The van der Waals surface area contributed by atoms with Crippen molar-refractivity contribution >= 4 is 15.9 Å². The molecule has 1 atom stereocenters. The molecule has 0 spiro atoms. The summed E-state index contributed by atoms with van der Waals surface area (Å²) < 4.78 is 1.11. The molecule has 1 heterocycles. The molecule has 0 aliphatic rings. The van der Waals surface area contributed by atoms with Gasteiger partial charge < -0.3 is 5.73 Å². The molecular weight excluding hydrogens is 314 g/mol. The normalized spacial score (nSPS) is 12.6. The molecule has 0 radical (unpaired) electrons. The van der Waals surface area contributed by atoms with Gasteiger partial charge in [0.05, 0.1) is 5.69 Å². The van der Waals surface area contributed by atoms with Gasteiger partial charge in [-0.3, -0.25) is 9.88 Å². The highest BCUT2D eigenvalue weighted by Crippen LogP contribution is 2.27. The van der Waals surface area contributed by atoms with E-state index in [1.54, 1.807) is 0 Å². The van der Waals surface area contributed by atoms with Crippen LogP contribution in [0.15, 0.2) is 53.1 Å². The topological polar surface area (TPSA) is 42.2 Å². The van der Waals surface area contributed by atoms with E-state index in [1.807, 2.05) is 24.4 Å². The number of benzene rings is 1. The summed E-state index contributed by atoms with van der Waals surface area (Å²) in [6.45, 7) is 4.48. The molecule has 3 nitrogen and oxygen atoms in total. The van der Waals surface area contributed by atoms with Gasteiger partial charge >= 0.3 is 0 Å². The van der Waals surface area contributed by atoms with Crippen molar-refractivity contribution in [3.05, 3.63) is 64.4 Å². The first-order chi connectivity index (χ1) is 9.76. The van der Waals surface area contributed by atoms with Crippen LogP contribution in [0.25, 0.3) is 0 Å². The van der Waals surface area contributed by atoms with E-state index in [4.69, 9.17) is 5.73 Å². The van der Waals surface area contributed by atoms with E-state index in [1.165, 1.54) is 5.56 Å². The average molecular weight is 334 g/mol. The monoisotopic (exact) mass is 333 g/mol. The van der Waals surface area contributed by atoms with Crippen molar-refractivity contribution in [1.29, 1.82) is 0 Å². The molecule has 2 N–H and O–H groups in total. The van der Waals surface area contributed by atoms with Crippen molar-refractivity contribution in [3.63, 3.8) is 0 Å². The lowest BCUT2D eigenvalue weighted by atomic mass is 10.0. The summed E-state index contributed by atoms with van der Waals surface area (Å²) in [7, 11) is 0. The van der Waals surface area contributed by atoms with Crippen molar-refractivity contribution < 1.29 is 0 Å². The van der Waals surface area contributed by atoms with E-state index in [0.717, 1.165) is 23.3 Å². The molecule has 106 valence electrons. The predicted octanol–water partition coefficient (Wildman–Crippen LogP) is 3.37. The van der Waals surface area contributed by atoms with E-state index >= 15 is 0 Å². The van der Waals surface area contributed by atoms with E-state index in [2.05, 4.69) is 57.0 Å². The Kier molecular flexibility index (Phi) is 5.71. The van der Waals surface area contributed by atoms with Gasteiger partial charge in [0.15, 0.2) is 0 Å². The Morgan fingerprint density at radius 3 is 2.55 bits per heavy atom. The third-order valence-electron chi connectivity index (χ3n) is 3.43. The SMILES string of the molecule is CCN(Cc1ccccn1)C(CN)c1ccccc1Br.